The smallest absolute Gasteiger partial charge is 0.264 e. The molecule has 30 heavy (non-hydrogen) atoms. The number of para-hydroxylation sites is 1. The van der Waals surface area contributed by atoms with Crippen LogP contribution < -0.4 is 9.62 Å². The molecule has 0 aromatic heterocycles. The van der Waals surface area contributed by atoms with Crippen LogP contribution in [0.4, 0.5) is 11.4 Å². The van der Waals surface area contributed by atoms with Crippen LogP contribution in [0, 0.1) is 0 Å². The summed E-state index contributed by atoms with van der Waals surface area (Å²) in [5, 5.41) is 2.96. The molecule has 0 fully saturated rings. The highest BCUT2D eigenvalue weighted by molar-refractivity contribution is 7.98. The number of amides is 1. The van der Waals surface area contributed by atoms with Gasteiger partial charge in [-0.05, 0) is 67.1 Å². The number of rotatable bonds is 5. The molecule has 0 unspecified atom stereocenters. The van der Waals surface area contributed by atoms with Crippen LogP contribution in [0.3, 0.4) is 0 Å². The van der Waals surface area contributed by atoms with Gasteiger partial charge in [-0.15, -0.1) is 11.8 Å². The number of carbonyl (C=O) groups excluding carboxylic acids is 1. The molecule has 1 heterocycles. The van der Waals surface area contributed by atoms with Gasteiger partial charge in [-0.2, -0.15) is 0 Å². The predicted molar refractivity (Wildman–Crippen MR) is 122 cm³/mol. The van der Waals surface area contributed by atoms with E-state index in [1.165, 1.54) is 4.31 Å². The third kappa shape index (κ3) is 3.95. The standard InChI is InChI=1S/C23H22N2O3S2/c1-29-22-12-6-5-11-20(22)24-23(26)18-13-14-21-17(16-18)8-7-15-25(21)30(27,28)19-9-3-2-4-10-19/h2-6,9-14,16H,7-8,15H2,1H3,(H,24,26). The van der Waals surface area contributed by atoms with Gasteiger partial charge in [0.25, 0.3) is 15.9 Å². The summed E-state index contributed by atoms with van der Waals surface area (Å²) in [7, 11) is -3.64. The van der Waals surface area contributed by atoms with Crippen molar-refractivity contribution in [3.05, 3.63) is 83.9 Å². The average Bonchev–Trinajstić information content (AvgIpc) is 2.79. The van der Waals surface area contributed by atoms with Gasteiger partial charge in [0, 0.05) is 17.0 Å². The first-order chi connectivity index (χ1) is 14.5. The molecule has 0 spiro atoms. The summed E-state index contributed by atoms with van der Waals surface area (Å²) in [6.07, 6.45) is 3.41. The van der Waals surface area contributed by atoms with Crippen molar-refractivity contribution in [2.75, 3.05) is 22.4 Å². The molecule has 0 bridgehead atoms. The molecule has 0 saturated carbocycles. The number of nitrogens with one attached hydrogen (secondary N) is 1. The Morgan fingerprint density at radius 3 is 2.50 bits per heavy atom. The Hall–Kier alpha value is -2.77. The topological polar surface area (TPSA) is 66.5 Å². The van der Waals surface area contributed by atoms with E-state index in [1.54, 1.807) is 60.3 Å². The molecular weight excluding hydrogens is 416 g/mol. The first kappa shape index (κ1) is 20.5. The van der Waals surface area contributed by atoms with Gasteiger partial charge in [0.1, 0.15) is 0 Å². The lowest BCUT2D eigenvalue weighted by Gasteiger charge is -2.30. The molecule has 0 atom stereocenters. The van der Waals surface area contributed by atoms with Crippen LogP contribution in [0.25, 0.3) is 0 Å². The fourth-order valence-corrected chi connectivity index (χ4v) is 5.73. The van der Waals surface area contributed by atoms with Crippen LogP contribution in [-0.4, -0.2) is 27.1 Å². The van der Waals surface area contributed by atoms with Gasteiger partial charge in [0.2, 0.25) is 0 Å². The lowest BCUT2D eigenvalue weighted by atomic mass is 10.0. The average molecular weight is 439 g/mol. The summed E-state index contributed by atoms with van der Waals surface area (Å²) in [4.78, 5) is 14.1. The van der Waals surface area contributed by atoms with E-state index in [0.29, 0.717) is 24.2 Å². The zero-order valence-electron chi connectivity index (χ0n) is 16.5. The van der Waals surface area contributed by atoms with E-state index >= 15 is 0 Å². The van der Waals surface area contributed by atoms with Crippen molar-refractivity contribution in [3.8, 4) is 0 Å². The summed E-state index contributed by atoms with van der Waals surface area (Å²) < 4.78 is 27.7. The molecule has 0 aliphatic carbocycles. The Kier molecular flexibility index (Phi) is 5.83. The van der Waals surface area contributed by atoms with Crippen molar-refractivity contribution in [2.24, 2.45) is 0 Å². The van der Waals surface area contributed by atoms with Gasteiger partial charge >= 0.3 is 0 Å². The van der Waals surface area contributed by atoms with E-state index in [2.05, 4.69) is 5.32 Å². The van der Waals surface area contributed by atoms with E-state index in [0.717, 1.165) is 22.6 Å². The lowest BCUT2D eigenvalue weighted by Crippen LogP contribution is -2.35. The van der Waals surface area contributed by atoms with Crippen molar-refractivity contribution in [3.63, 3.8) is 0 Å². The summed E-state index contributed by atoms with van der Waals surface area (Å²) in [5.41, 5.74) is 2.79. The summed E-state index contributed by atoms with van der Waals surface area (Å²) in [6.45, 7) is 0.427. The Balaban J connectivity index is 1.63. The molecule has 0 saturated heterocycles. The van der Waals surface area contributed by atoms with Gasteiger partial charge in [0.05, 0.1) is 16.3 Å². The zero-order chi connectivity index (χ0) is 21.1. The van der Waals surface area contributed by atoms with E-state index < -0.39 is 10.0 Å². The number of hydrogen-bond donors (Lipinski definition) is 1. The molecule has 154 valence electrons. The summed E-state index contributed by atoms with van der Waals surface area (Å²) in [6, 6.07) is 21.3. The molecule has 0 radical (unpaired) electrons. The zero-order valence-corrected chi connectivity index (χ0v) is 18.2. The quantitative estimate of drug-likeness (QED) is 0.581. The maximum absolute atomic E-state index is 13.1. The largest absolute Gasteiger partial charge is 0.321 e. The van der Waals surface area contributed by atoms with Crippen LogP contribution in [0.2, 0.25) is 0 Å². The summed E-state index contributed by atoms with van der Waals surface area (Å²) in [5.74, 6) is -0.206. The first-order valence-corrected chi connectivity index (χ1v) is 12.3. The number of anilines is 2. The van der Waals surface area contributed by atoms with Gasteiger partial charge < -0.3 is 5.32 Å². The van der Waals surface area contributed by atoms with Gasteiger partial charge in [-0.3, -0.25) is 9.10 Å². The monoisotopic (exact) mass is 438 g/mol. The second-order valence-corrected chi connectivity index (χ2v) is 9.70. The molecule has 1 amide bonds. The third-order valence-electron chi connectivity index (χ3n) is 5.10. The maximum atomic E-state index is 13.1. The summed E-state index contributed by atoms with van der Waals surface area (Å²) >= 11 is 1.57. The van der Waals surface area contributed by atoms with Crippen molar-refractivity contribution >= 4 is 39.1 Å². The fraction of sp³-hybridized carbons (Fsp3) is 0.174. The number of fused-ring (bicyclic) bond motifs is 1. The minimum absolute atomic E-state index is 0.206. The number of hydrogen-bond acceptors (Lipinski definition) is 4. The molecular formula is C23H22N2O3S2. The van der Waals surface area contributed by atoms with Crippen molar-refractivity contribution in [1.82, 2.24) is 0 Å². The number of carbonyl (C=O) groups is 1. The second-order valence-electron chi connectivity index (χ2n) is 6.99. The molecule has 1 aliphatic heterocycles. The number of nitrogens with zero attached hydrogens (tertiary/aromatic N) is 1. The number of benzene rings is 3. The van der Waals surface area contributed by atoms with Gasteiger partial charge in [-0.25, -0.2) is 8.42 Å². The van der Waals surface area contributed by atoms with Crippen LogP contribution in [-0.2, 0) is 16.4 Å². The molecule has 3 aromatic carbocycles. The van der Waals surface area contributed by atoms with Crippen molar-refractivity contribution < 1.29 is 13.2 Å². The molecule has 1 N–H and O–H groups in total. The number of sulfonamides is 1. The Morgan fingerprint density at radius 2 is 1.73 bits per heavy atom. The van der Waals surface area contributed by atoms with E-state index in [1.807, 2.05) is 30.5 Å². The van der Waals surface area contributed by atoms with Crippen LogP contribution in [0.5, 0.6) is 0 Å². The molecule has 3 aromatic rings. The Labute approximate surface area is 181 Å². The molecule has 1 aliphatic rings. The van der Waals surface area contributed by atoms with Gasteiger partial charge in [0.15, 0.2) is 0 Å². The Morgan fingerprint density at radius 1 is 1.00 bits per heavy atom. The Bertz CT molecular complexity index is 1180. The van der Waals surface area contributed by atoms with Crippen molar-refractivity contribution in [2.45, 2.75) is 22.6 Å². The van der Waals surface area contributed by atoms with Crippen molar-refractivity contribution in [1.29, 1.82) is 0 Å². The SMILES string of the molecule is CSc1ccccc1NC(=O)c1ccc2c(c1)CCCN2S(=O)(=O)c1ccccc1. The van der Waals surface area contributed by atoms with Gasteiger partial charge in [-0.1, -0.05) is 30.3 Å². The van der Waals surface area contributed by atoms with Crippen LogP contribution >= 0.6 is 11.8 Å². The van der Waals surface area contributed by atoms with Crippen LogP contribution in [0.1, 0.15) is 22.3 Å². The van der Waals surface area contributed by atoms with E-state index in [4.69, 9.17) is 0 Å². The maximum Gasteiger partial charge on any atom is 0.264 e. The minimum Gasteiger partial charge on any atom is -0.321 e. The predicted octanol–water partition coefficient (Wildman–Crippen LogP) is 4.80. The van der Waals surface area contributed by atoms with Crippen LogP contribution in [0.15, 0.2) is 82.6 Å². The highest BCUT2D eigenvalue weighted by atomic mass is 32.2. The highest BCUT2D eigenvalue weighted by Gasteiger charge is 2.29. The highest BCUT2D eigenvalue weighted by Crippen LogP contribution is 2.33. The fourth-order valence-electron chi connectivity index (χ4n) is 3.62. The molecule has 5 nitrogen and oxygen atoms in total. The van der Waals surface area contributed by atoms with E-state index in [9.17, 15) is 13.2 Å². The second kappa shape index (κ2) is 8.53. The minimum atomic E-state index is -3.64. The first-order valence-electron chi connectivity index (χ1n) is 9.66. The number of thioether (sulfide) groups is 1. The number of aryl methyl sites for hydroxylation is 1. The molecule has 4 rings (SSSR count). The normalized spacial score (nSPS) is 13.6. The van der Waals surface area contributed by atoms with E-state index in [-0.39, 0.29) is 10.8 Å². The lowest BCUT2D eigenvalue weighted by molar-refractivity contribution is 0.102. The third-order valence-corrected chi connectivity index (χ3v) is 7.73. The molecule has 7 heteroatoms.